The monoisotopic (exact) mass is 226 g/mol. The highest BCUT2D eigenvalue weighted by atomic mass is 79.9. The minimum Gasteiger partial charge on any atom is -0.507 e. The molecule has 0 aliphatic carbocycles. The third kappa shape index (κ3) is 1.89. The van der Waals surface area contributed by atoms with Gasteiger partial charge in [-0.2, -0.15) is 0 Å². The molecule has 0 heterocycles. The van der Waals surface area contributed by atoms with Crippen LogP contribution in [0.4, 0.5) is 0 Å². The Morgan fingerprint density at radius 2 is 2.25 bits per heavy atom. The molecule has 0 radical (unpaired) electrons. The van der Waals surface area contributed by atoms with Crippen LogP contribution in [0.3, 0.4) is 0 Å². The number of phenolic OH excluding ortho intramolecular Hbond substituents is 1. The lowest BCUT2D eigenvalue weighted by atomic mass is 10.1. The average molecular weight is 227 g/mol. The van der Waals surface area contributed by atoms with Gasteiger partial charge in [-0.3, -0.25) is 0 Å². The fourth-order valence-corrected chi connectivity index (χ4v) is 1.74. The van der Waals surface area contributed by atoms with Crippen molar-refractivity contribution in [2.75, 3.05) is 0 Å². The van der Waals surface area contributed by atoms with E-state index in [2.05, 4.69) is 22.5 Å². The van der Waals surface area contributed by atoms with Crippen molar-refractivity contribution >= 4 is 15.9 Å². The van der Waals surface area contributed by atoms with Gasteiger partial charge in [0.25, 0.3) is 0 Å². The first-order valence-corrected chi connectivity index (χ1v) is 4.53. The van der Waals surface area contributed by atoms with Gasteiger partial charge in [-0.1, -0.05) is 22.0 Å². The Kier molecular flexibility index (Phi) is 2.93. The summed E-state index contributed by atoms with van der Waals surface area (Å²) < 4.78 is 0.995. The minimum absolute atomic E-state index is 0.373. The summed E-state index contributed by atoms with van der Waals surface area (Å²) >= 11 is 3.37. The van der Waals surface area contributed by atoms with Gasteiger partial charge >= 0.3 is 0 Å². The standard InChI is InChI=1S/C10H11BrO/c1-3-4-8-6-9(11)5-7(2)10(8)12/h3,5-6,12H,1,4H2,2H3. The summed E-state index contributed by atoms with van der Waals surface area (Å²) in [7, 11) is 0. The molecule has 12 heavy (non-hydrogen) atoms. The smallest absolute Gasteiger partial charge is 0.122 e. The van der Waals surface area contributed by atoms with Gasteiger partial charge in [0.2, 0.25) is 0 Å². The van der Waals surface area contributed by atoms with Crippen LogP contribution in [0.25, 0.3) is 0 Å². The van der Waals surface area contributed by atoms with Crippen LogP contribution in [0.15, 0.2) is 29.3 Å². The van der Waals surface area contributed by atoms with Gasteiger partial charge in [0.05, 0.1) is 0 Å². The van der Waals surface area contributed by atoms with Crippen LogP contribution in [-0.2, 0) is 6.42 Å². The Bertz CT molecular complexity index is 305. The van der Waals surface area contributed by atoms with E-state index in [1.165, 1.54) is 0 Å². The number of allylic oxidation sites excluding steroid dienone is 1. The zero-order chi connectivity index (χ0) is 9.14. The van der Waals surface area contributed by atoms with Crippen LogP contribution in [0.5, 0.6) is 5.75 Å². The van der Waals surface area contributed by atoms with E-state index >= 15 is 0 Å². The van der Waals surface area contributed by atoms with Crippen molar-refractivity contribution in [3.63, 3.8) is 0 Å². The molecule has 0 atom stereocenters. The SMILES string of the molecule is C=CCc1cc(Br)cc(C)c1O. The topological polar surface area (TPSA) is 20.2 Å². The van der Waals surface area contributed by atoms with Gasteiger partial charge in [-0.15, -0.1) is 6.58 Å². The fourth-order valence-electron chi connectivity index (χ4n) is 1.12. The molecule has 0 aromatic heterocycles. The molecular weight excluding hydrogens is 216 g/mol. The lowest BCUT2D eigenvalue weighted by molar-refractivity contribution is 0.465. The lowest BCUT2D eigenvalue weighted by Crippen LogP contribution is -1.85. The molecule has 0 bridgehead atoms. The number of benzene rings is 1. The van der Waals surface area contributed by atoms with Crippen molar-refractivity contribution in [1.82, 2.24) is 0 Å². The molecule has 2 heteroatoms. The number of hydrogen-bond donors (Lipinski definition) is 1. The second-order valence-corrected chi connectivity index (χ2v) is 3.64. The maximum absolute atomic E-state index is 9.58. The number of aromatic hydroxyl groups is 1. The second-order valence-electron chi connectivity index (χ2n) is 2.72. The predicted octanol–water partition coefficient (Wildman–Crippen LogP) is 3.19. The van der Waals surface area contributed by atoms with Crippen LogP contribution < -0.4 is 0 Å². The molecule has 0 saturated heterocycles. The first-order valence-electron chi connectivity index (χ1n) is 3.74. The summed E-state index contributed by atoms with van der Waals surface area (Å²) in [5, 5.41) is 9.58. The Morgan fingerprint density at radius 1 is 1.58 bits per heavy atom. The zero-order valence-electron chi connectivity index (χ0n) is 6.97. The fraction of sp³-hybridized carbons (Fsp3) is 0.200. The average Bonchev–Trinajstić information content (AvgIpc) is 2.00. The van der Waals surface area contributed by atoms with E-state index in [0.717, 1.165) is 15.6 Å². The van der Waals surface area contributed by atoms with E-state index < -0.39 is 0 Å². The van der Waals surface area contributed by atoms with E-state index in [1.54, 1.807) is 6.08 Å². The number of halogens is 1. The summed E-state index contributed by atoms with van der Waals surface area (Å²) in [5.74, 6) is 0.373. The number of phenols is 1. The van der Waals surface area contributed by atoms with Crippen molar-refractivity contribution in [1.29, 1.82) is 0 Å². The highest BCUT2D eigenvalue weighted by molar-refractivity contribution is 9.10. The summed E-state index contributed by atoms with van der Waals surface area (Å²) in [4.78, 5) is 0. The maximum Gasteiger partial charge on any atom is 0.122 e. The highest BCUT2D eigenvalue weighted by Gasteiger charge is 2.03. The summed E-state index contributed by atoms with van der Waals surface area (Å²) in [6.45, 7) is 5.51. The number of hydrogen-bond acceptors (Lipinski definition) is 1. The Labute approximate surface area is 80.9 Å². The number of aryl methyl sites for hydroxylation is 1. The Hall–Kier alpha value is -0.760. The molecule has 0 fully saturated rings. The quantitative estimate of drug-likeness (QED) is 0.769. The highest BCUT2D eigenvalue weighted by Crippen LogP contribution is 2.26. The largest absolute Gasteiger partial charge is 0.507 e. The van der Waals surface area contributed by atoms with Crippen LogP contribution in [0.2, 0.25) is 0 Å². The summed E-state index contributed by atoms with van der Waals surface area (Å²) in [6, 6.07) is 3.80. The zero-order valence-corrected chi connectivity index (χ0v) is 8.56. The van der Waals surface area contributed by atoms with Crippen molar-refractivity contribution in [2.45, 2.75) is 13.3 Å². The first-order chi connectivity index (χ1) is 5.65. The molecule has 1 rings (SSSR count). The first kappa shape index (κ1) is 9.33. The van der Waals surface area contributed by atoms with Gasteiger partial charge in [0.15, 0.2) is 0 Å². The third-order valence-electron chi connectivity index (χ3n) is 1.71. The van der Waals surface area contributed by atoms with E-state index in [-0.39, 0.29) is 0 Å². The molecule has 0 saturated carbocycles. The normalized spacial score (nSPS) is 9.83. The van der Waals surface area contributed by atoms with Crippen molar-refractivity contribution in [3.8, 4) is 5.75 Å². The summed E-state index contributed by atoms with van der Waals surface area (Å²) in [6.07, 6.45) is 2.48. The van der Waals surface area contributed by atoms with Gasteiger partial charge in [0.1, 0.15) is 5.75 Å². The molecule has 0 spiro atoms. The Morgan fingerprint density at radius 3 is 2.83 bits per heavy atom. The van der Waals surface area contributed by atoms with Crippen LogP contribution in [0.1, 0.15) is 11.1 Å². The second kappa shape index (κ2) is 3.76. The van der Waals surface area contributed by atoms with Gasteiger partial charge in [-0.25, -0.2) is 0 Å². The van der Waals surface area contributed by atoms with Crippen LogP contribution in [0, 0.1) is 6.92 Å². The van der Waals surface area contributed by atoms with Crippen molar-refractivity contribution in [2.24, 2.45) is 0 Å². The lowest BCUT2D eigenvalue weighted by Gasteiger charge is -2.05. The van der Waals surface area contributed by atoms with E-state index in [4.69, 9.17) is 0 Å². The summed E-state index contributed by atoms with van der Waals surface area (Å²) in [5.41, 5.74) is 1.80. The Balaban J connectivity index is 3.17. The molecule has 0 aliphatic heterocycles. The molecule has 0 unspecified atom stereocenters. The molecule has 1 aromatic rings. The number of rotatable bonds is 2. The molecule has 1 nitrogen and oxygen atoms in total. The maximum atomic E-state index is 9.58. The molecular formula is C10H11BrO. The van der Waals surface area contributed by atoms with Crippen molar-refractivity contribution < 1.29 is 5.11 Å². The van der Waals surface area contributed by atoms with Gasteiger partial charge < -0.3 is 5.11 Å². The molecule has 0 amide bonds. The van der Waals surface area contributed by atoms with Crippen molar-refractivity contribution in [3.05, 3.63) is 40.4 Å². The van der Waals surface area contributed by atoms with E-state index in [1.807, 2.05) is 19.1 Å². The van der Waals surface area contributed by atoms with Crippen LogP contribution in [-0.4, -0.2) is 5.11 Å². The van der Waals surface area contributed by atoms with Crippen LogP contribution >= 0.6 is 15.9 Å². The molecule has 1 N–H and O–H groups in total. The minimum atomic E-state index is 0.373. The molecule has 0 aliphatic rings. The van der Waals surface area contributed by atoms with Gasteiger partial charge in [0, 0.05) is 4.47 Å². The van der Waals surface area contributed by atoms with E-state index in [9.17, 15) is 5.11 Å². The predicted molar refractivity (Wildman–Crippen MR) is 54.4 cm³/mol. The molecule has 64 valence electrons. The molecule has 1 aromatic carbocycles. The van der Waals surface area contributed by atoms with Gasteiger partial charge in [-0.05, 0) is 36.6 Å². The van der Waals surface area contributed by atoms with E-state index in [0.29, 0.717) is 12.2 Å². The third-order valence-corrected chi connectivity index (χ3v) is 2.17.